The molecule has 0 bridgehead atoms. The summed E-state index contributed by atoms with van der Waals surface area (Å²) in [6.07, 6.45) is 3.28. The molecule has 12 heavy (non-hydrogen) atoms. The molecule has 5 nitrogen and oxygen atoms in total. The predicted molar refractivity (Wildman–Crippen MR) is 40.4 cm³/mol. The summed E-state index contributed by atoms with van der Waals surface area (Å²) in [5.41, 5.74) is 0.193. The second-order valence-corrected chi connectivity index (χ2v) is 2.13. The fourth-order valence-corrected chi connectivity index (χ4v) is 0.613. The minimum atomic E-state index is -0.452. The molecule has 1 rings (SSSR count). The fourth-order valence-electron chi connectivity index (χ4n) is 0.613. The van der Waals surface area contributed by atoms with Crippen molar-refractivity contribution in [1.29, 1.82) is 0 Å². The summed E-state index contributed by atoms with van der Waals surface area (Å²) in [4.78, 5) is 14.7. The summed E-state index contributed by atoms with van der Waals surface area (Å²) in [6.45, 7) is 2.33. The molecule has 5 heteroatoms. The van der Waals surface area contributed by atoms with Crippen LogP contribution in [0.2, 0.25) is 0 Å². The molecule has 1 heterocycles. The first-order valence-electron chi connectivity index (χ1n) is 3.64. The lowest BCUT2D eigenvalue weighted by Crippen LogP contribution is -2.08. The molecule has 0 saturated carbocycles. The van der Waals surface area contributed by atoms with Crippen molar-refractivity contribution in [2.75, 3.05) is 6.61 Å². The molecule has 0 aliphatic rings. The van der Waals surface area contributed by atoms with E-state index in [1.54, 1.807) is 0 Å². The Morgan fingerprint density at radius 2 is 2.42 bits per heavy atom. The fraction of sp³-hybridized carbons (Fsp3) is 0.429. The Morgan fingerprint density at radius 3 is 3.00 bits per heavy atom. The van der Waals surface area contributed by atoms with Crippen LogP contribution in [-0.2, 0) is 4.74 Å². The van der Waals surface area contributed by atoms with E-state index >= 15 is 0 Å². The van der Waals surface area contributed by atoms with Crippen LogP contribution in [0.5, 0.6) is 0 Å². The minimum Gasteiger partial charge on any atom is -0.461 e. The van der Waals surface area contributed by atoms with E-state index in [0.29, 0.717) is 6.61 Å². The van der Waals surface area contributed by atoms with Gasteiger partial charge in [0.2, 0.25) is 0 Å². The number of esters is 1. The third kappa shape index (κ3) is 2.26. The van der Waals surface area contributed by atoms with Gasteiger partial charge in [-0.05, 0) is 6.42 Å². The van der Waals surface area contributed by atoms with Crippen molar-refractivity contribution < 1.29 is 9.53 Å². The SMILES string of the molecule is CCCOC(=O)c1cnncn1. The number of aromatic nitrogens is 3. The Hall–Kier alpha value is -1.52. The van der Waals surface area contributed by atoms with Crippen molar-refractivity contribution in [3.05, 3.63) is 18.2 Å². The van der Waals surface area contributed by atoms with E-state index in [4.69, 9.17) is 4.74 Å². The standard InChI is InChI=1S/C7H9N3O2/c1-2-3-12-7(11)6-4-9-10-5-8-6/h4-5H,2-3H2,1H3. The molecule has 0 unspecified atom stereocenters. The lowest BCUT2D eigenvalue weighted by atomic mass is 10.5. The average Bonchev–Trinajstić information content (AvgIpc) is 2.15. The average molecular weight is 167 g/mol. The van der Waals surface area contributed by atoms with Crippen LogP contribution in [-0.4, -0.2) is 27.8 Å². The van der Waals surface area contributed by atoms with Crippen LogP contribution < -0.4 is 0 Å². The number of hydrogen-bond donors (Lipinski definition) is 0. The lowest BCUT2D eigenvalue weighted by Gasteiger charge is -1.99. The number of hydrogen-bond acceptors (Lipinski definition) is 5. The van der Waals surface area contributed by atoms with Crippen molar-refractivity contribution in [1.82, 2.24) is 15.2 Å². The molecule has 1 aromatic rings. The Balaban J connectivity index is 2.54. The Bertz CT molecular complexity index is 250. The summed E-state index contributed by atoms with van der Waals surface area (Å²) in [5.74, 6) is -0.452. The first-order valence-corrected chi connectivity index (χ1v) is 3.64. The summed E-state index contributed by atoms with van der Waals surface area (Å²) < 4.78 is 4.81. The highest BCUT2D eigenvalue weighted by Gasteiger charge is 2.06. The second-order valence-electron chi connectivity index (χ2n) is 2.13. The van der Waals surface area contributed by atoms with Crippen molar-refractivity contribution in [2.45, 2.75) is 13.3 Å². The third-order valence-electron chi connectivity index (χ3n) is 1.14. The zero-order valence-electron chi connectivity index (χ0n) is 6.73. The number of rotatable bonds is 3. The van der Waals surface area contributed by atoms with E-state index in [-0.39, 0.29) is 5.69 Å². The van der Waals surface area contributed by atoms with E-state index in [1.807, 2.05) is 6.92 Å². The number of carbonyl (C=O) groups is 1. The highest BCUT2D eigenvalue weighted by Crippen LogP contribution is 1.93. The lowest BCUT2D eigenvalue weighted by molar-refractivity contribution is 0.0497. The maximum absolute atomic E-state index is 11.1. The normalized spacial score (nSPS) is 9.42. The highest BCUT2D eigenvalue weighted by atomic mass is 16.5. The predicted octanol–water partition coefficient (Wildman–Crippen LogP) is 0.438. The molecule has 0 fully saturated rings. The van der Waals surface area contributed by atoms with Crippen LogP contribution in [0.4, 0.5) is 0 Å². The van der Waals surface area contributed by atoms with Gasteiger partial charge in [0.15, 0.2) is 5.69 Å². The maximum atomic E-state index is 11.1. The maximum Gasteiger partial charge on any atom is 0.358 e. The zero-order valence-corrected chi connectivity index (χ0v) is 6.73. The Labute approximate surface area is 69.8 Å². The Kier molecular flexibility index (Phi) is 3.13. The summed E-state index contributed by atoms with van der Waals surface area (Å²) >= 11 is 0. The molecule has 0 N–H and O–H groups in total. The molecule has 0 aromatic carbocycles. The molecule has 0 atom stereocenters. The molecule has 0 amide bonds. The molecule has 0 saturated heterocycles. The number of nitrogens with zero attached hydrogens (tertiary/aromatic N) is 3. The van der Waals surface area contributed by atoms with E-state index in [1.165, 1.54) is 12.5 Å². The molecule has 0 radical (unpaired) electrons. The highest BCUT2D eigenvalue weighted by molar-refractivity contribution is 5.86. The van der Waals surface area contributed by atoms with Gasteiger partial charge in [-0.1, -0.05) is 6.92 Å². The summed E-state index contributed by atoms with van der Waals surface area (Å²) in [5, 5.41) is 6.94. The summed E-state index contributed by atoms with van der Waals surface area (Å²) in [6, 6.07) is 0. The Morgan fingerprint density at radius 1 is 1.58 bits per heavy atom. The van der Waals surface area contributed by atoms with Gasteiger partial charge in [0, 0.05) is 0 Å². The van der Waals surface area contributed by atoms with Crippen molar-refractivity contribution in [2.24, 2.45) is 0 Å². The van der Waals surface area contributed by atoms with E-state index in [2.05, 4.69) is 15.2 Å². The van der Waals surface area contributed by atoms with Gasteiger partial charge in [-0.25, -0.2) is 9.78 Å². The van der Waals surface area contributed by atoms with Crippen molar-refractivity contribution in [3.63, 3.8) is 0 Å². The van der Waals surface area contributed by atoms with Crippen molar-refractivity contribution in [3.8, 4) is 0 Å². The smallest absolute Gasteiger partial charge is 0.358 e. The van der Waals surface area contributed by atoms with Gasteiger partial charge in [-0.15, -0.1) is 5.10 Å². The van der Waals surface area contributed by atoms with E-state index in [0.717, 1.165) is 6.42 Å². The van der Waals surface area contributed by atoms with Gasteiger partial charge < -0.3 is 4.74 Å². The van der Waals surface area contributed by atoms with E-state index in [9.17, 15) is 4.79 Å². The molecule has 1 aromatic heterocycles. The van der Waals surface area contributed by atoms with Gasteiger partial charge >= 0.3 is 5.97 Å². The third-order valence-corrected chi connectivity index (χ3v) is 1.14. The second kappa shape index (κ2) is 4.38. The molecular weight excluding hydrogens is 158 g/mol. The van der Waals surface area contributed by atoms with Crippen LogP contribution in [0.25, 0.3) is 0 Å². The number of carbonyl (C=O) groups excluding carboxylic acids is 1. The topological polar surface area (TPSA) is 65.0 Å². The van der Waals surface area contributed by atoms with Gasteiger partial charge in [0.1, 0.15) is 6.33 Å². The number of ether oxygens (including phenoxy) is 1. The van der Waals surface area contributed by atoms with Gasteiger partial charge in [0.25, 0.3) is 0 Å². The molecule has 0 spiro atoms. The monoisotopic (exact) mass is 167 g/mol. The quantitative estimate of drug-likeness (QED) is 0.611. The van der Waals surface area contributed by atoms with E-state index < -0.39 is 5.97 Å². The van der Waals surface area contributed by atoms with Crippen LogP contribution in [0, 0.1) is 0 Å². The van der Waals surface area contributed by atoms with Gasteiger partial charge in [0.05, 0.1) is 12.8 Å². The summed E-state index contributed by atoms with van der Waals surface area (Å²) in [7, 11) is 0. The molecular formula is C7H9N3O2. The van der Waals surface area contributed by atoms with Crippen LogP contribution in [0.3, 0.4) is 0 Å². The largest absolute Gasteiger partial charge is 0.461 e. The zero-order chi connectivity index (χ0) is 8.81. The van der Waals surface area contributed by atoms with Crippen LogP contribution in [0.15, 0.2) is 12.5 Å². The molecule has 0 aliphatic carbocycles. The van der Waals surface area contributed by atoms with Gasteiger partial charge in [-0.2, -0.15) is 5.10 Å². The first-order chi connectivity index (χ1) is 5.84. The van der Waals surface area contributed by atoms with Crippen LogP contribution in [0.1, 0.15) is 23.8 Å². The first kappa shape index (κ1) is 8.58. The molecule has 0 aliphatic heterocycles. The van der Waals surface area contributed by atoms with Crippen LogP contribution >= 0.6 is 0 Å². The van der Waals surface area contributed by atoms with Crippen molar-refractivity contribution >= 4 is 5.97 Å². The minimum absolute atomic E-state index is 0.193. The van der Waals surface area contributed by atoms with Gasteiger partial charge in [-0.3, -0.25) is 0 Å². The molecule has 64 valence electrons.